The molecule has 3 nitrogen and oxygen atoms in total. The van der Waals surface area contributed by atoms with Crippen LogP contribution >= 0.6 is 34.8 Å². The summed E-state index contributed by atoms with van der Waals surface area (Å²) in [7, 11) is 0. The second kappa shape index (κ2) is 4.05. The molecule has 0 aromatic rings. The monoisotopic (exact) mass is 209 g/mol. The van der Waals surface area contributed by atoms with Gasteiger partial charge in [0.15, 0.2) is 0 Å². The van der Waals surface area contributed by atoms with Gasteiger partial charge in [0, 0.05) is 0 Å². The van der Waals surface area contributed by atoms with Crippen molar-refractivity contribution >= 4 is 40.9 Å². The van der Waals surface area contributed by atoms with Gasteiger partial charge in [-0.1, -0.05) is 39.3 Å². The number of hydrogen-bond acceptors (Lipinski definition) is 2. The Kier molecular flexibility index (Phi) is 4.08. The third-order valence-electron chi connectivity index (χ3n) is 0.444. The Bertz CT molecular complexity index is 125. The average molecular weight is 210 g/mol. The van der Waals surface area contributed by atoms with Crippen molar-refractivity contribution in [1.29, 1.82) is 0 Å². The summed E-state index contributed by atoms with van der Waals surface area (Å²) >= 11 is 15.4. The smallest absolute Gasteiger partial charge is 0.435 e. The third-order valence-corrected chi connectivity index (χ3v) is 0.771. The molecule has 10 heavy (non-hydrogen) atoms. The van der Waals surface area contributed by atoms with Gasteiger partial charge in [-0.15, -0.1) is 0 Å². The average Bonchev–Trinajstić information content (AvgIpc) is 1.81. The molecule has 0 heterocycles. The van der Waals surface area contributed by atoms with Crippen molar-refractivity contribution in [3.8, 4) is 0 Å². The molecule has 0 saturated carbocycles. The molecule has 7 heteroatoms. The molecule has 0 aromatic heterocycles. The van der Waals surface area contributed by atoms with Crippen LogP contribution in [0.4, 0.5) is 9.28 Å². The molecule has 0 rings (SSSR count). The van der Waals surface area contributed by atoms with Gasteiger partial charge in [-0.25, -0.2) is 4.79 Å². The van der Waals surface area contributed by atoms with E-state index in [1.807, 2.05) is 0 Å². The normalized spacial score (nSPS) is 10.8. The molecule has 0 aliphatic rings. The predicted molar refractivity (Wildman–Crippen MR) is 35.9 cm³/mol. The first-order chi connectivity index (χ1) is 4.45. The van der Waals surface area contributed by atoms with Crippen LogP contribution in [0.2, 0.25) is 0 Å². The minimum Gasteiger partial charge on any atom is -0.443 e. The summed E-state index contributed by atoms with van der Waals surface area (Å²) in [5.74, 6) is 0. The van der Waals surface area contributed by atoms with Crippen LogP contribution < -0.4 is 5.54 Å². The molecular formula is C3H3Cl3FNO2. The van der Waals surface area contributed by atoms with Crippen molar-refractivity contribution in [2.24, 2.45) is 0 Å². The van der Waals surface area contributed by atoms with Crippen LogP contribution in [0.1, 0.15) is 0 Å². The van der Waals surface area contributed by atoms with Gasteiger partial charge in [0.2, 0.25) is 3.79 Å². The second-order valence-electron chi connectivity index (χ2n) is 1.29. The van der Waals surface area contributed by atoms with E-state index in [1.54, 1.807) is 0 Å². The SMILES string of the molecule is O=C(NF)OCC(Cl)(Cl)Cl. The minimum atomic E-state index is -1.70. The number of halogens is 4. The first-order valence-corrected chi connectivity index (χ1v) is 3.19. The van der Waals surface area contributed by atoms with Crippen molar-refractivity contribution in [3.05, 3.63) is 0 Å². The van der Waals surface area contributed by atoms with Crippen LogP contribution in [0.3, 0.4) is 0 Å². The zero-order chi connectivity index (χ0) is 8.20. The third kappa shape index (κ3) is 6.19. The fourth-order valence-corrected chi connectivity index (χ4v) is 0.338. The van der Waals surface area contributed by atoms with Gasteiger partial charge in [-0.05, 0) is 0 Å². The van der Waals surface area contributed by atoms with E-state index >= 15 is 0 Å². The molecule has 0 spiro atoms. The topological polar surface area (TPSA) is 38.3 Å². The minimum absolute atomic E-state index is 0.493. The highest BCUT2D eigenvalue weighted by Crippen LogP contribution is 2.25. The lowest BCUT2D eigenvalue weighted by Crippen LogP contribution is -2.22. The number of rotatable bonds is 1. The van der Waals surface area contributed by atoms with Crippen molar-refractivity contribution in [2.75, 3.05) is 6.61 Å². The number of carbonyl (C=O) groups excluding carboxylic acids is 1. The second-order valence-corrected chi connectivity index (χ2v) is 3.80. The molecule has 0 aliphatic carbocycles. The molecule has 1 amide bonds. The zero-order valence-electron chi connectivity index (χ0n) is 4.54. The fraction of sp³-hybridized carbons (Fsp3) is 0.667. The van der Waals surface area contributed by atoms with E-state index in [4.69, 9.17) is 34.8 Å². The fourth-order valence-electron chi connectivity index (χ4n) is 0.175. The summed E-state index contributed by atoms with van der Waals surface area (Å²) in [5.41, 5.74) is 0.700. The Morgan fingerprint density at radius 3 is 2.40 bits per heavy atom. The van der Waals surface area contributed by atoms with Gasteiger partial charge in [0.1, 0.15) is 6.61 Å². The van der Waals surface area contributed by atoms with Gasteiger partial charge in [-0.2, -0.15) is 5.54 Å². The Morgan fingerprint density at radius 2 is 2.10 bits per heavy atom. The summed E-state index contributed by atoms with van der Waals surface area (Å²) in [5, 5.41) is 0. The molecule has 0 radical (unpaired) electrons. The number of ether oxygens (including phenoxy) is 1. The van der Waals surface area contributed by atoms with Crippen molar-refractivity contribution in [2.45, 2.75) is 3.79 Å². The summed E-state index contributed by atoms with van der Waals surface area (Å²) in [4.78, 5) is 9.97. The molecular weight excluding hydrogens is 207 g/mol. The highest BCUT2D eigenvalue weighted by molar-refractivity contribution is 6.67. The van der Waals surface area contributed by atoms with E-state index < -0.39 is 16.5 Å². The van der Waals surface area contributed by atoms with Crippen LogP contribution in [0.25, 0.3) is 0 Å². The van der Waals surface area contributed by atoms with E-state index in [-0.39, 0.29) is 0 Å². The number of hydrogen-bond donors (Lipinski definition) is 1. The molecule has 0 unspecified atom stereocenters. The predicted octanol–water partition coefficient (Wildman–Crippen LogP) is 1.97. The molecule has 0 atom stereocenters. The lowest BCUT2D eigenvalue weighted by molar-refractivity contribution is 0.125. The summed E-state index contributed by atoms with van der Waals surface area (Å²) in [6, 6.07) is 0. The first kappa shape index (κ1) is 10.1. The Labute approximate surface area is 71.3 Å². The van der Waals surface area contributed by atoms with E-state index in [9.17, 15) is 9.28 Å². The van der Waals surface area contributed by atoms with Gasteiger partial charge in [0.05, 0.1) is 0 Å². The Hall–Kier alpha value is 0.0700. The molecule has 1 N–H and O–H groups in total. The number of alkyl halides is 3. The van der Waals surface area contributed by atoms with Crippen LogP contribution in [-0.2, 0) is 4.74 Å². The van der Waals surface area contributed by atoms with Crippen molar-refractivity contribution in [3.63, 3.8) is 0 Å². The number of nitrogens with one attached hydrogen (secondary N) is 1. The molecule has 0 saturated heterocycles. The van der Waals surface area contributed by atoms with Crippen LogP contribution in [0, 0.1) is 0 Å². The lowest BCUT2D eigenvalue weighted by atomic mass is 10.8. The molecule has 0 bridgehead atoms. The van der Waals surface area contributed by atoms with Crippen LogP contribution in [0.5, 0.6) is 0 Å². The van der Waals surface area contributed by atoms with Gasteiger partial charge in [-0.3, -0.25) is 0 Å². The first-order valence-electron chi connectivity index (χ1n) is 2.06. The maximum Gasteiger partial charge on any atom is 0.435 e. The molecule has 0 fully saturated rings. The summed E-state index contributed by atoms with van der Waals surface area (Å²) < 4.78 is 13.4. The maximum atomic E-state index is 11.1. The van der Waals surface area contributed by atoms with Crippen LogP contribution in [-0.4, -0.2) is 16.5 Å². The van der Waals surface area contributed by atoms with Gasteiger partial charge < -0.3 is 4.74 Å². The number of carbonyl (C=O) groups is 1. The van der Waals surface area contributed by atoms with Gasteiger partial charge in [0.25, 0.3) is 0 Å². The Balaban J connectivity index is 3.46. The summed E-state index contributed by atoms with van der Waals surface area (Å²) in [6.07, 6.45) is -1.29. The van der Waals surface area contributed by atoms with Crippen molar-refractivity contribution < 1.29 is 14.0 Å². The van der Waals surface area contributed by atoms with E-state index in [0.717, 1.165) is 0 Å². The largest absolute Gasteiger partial charge is 0.443 e. The maximum absolute atomic E-state index is 11.1. The molecule has 0 aromatic carbocycles. The zero-order valence-corrected chi connectivity index (χ0v) is 6.80. The lowest BCUT2D eigenvalue weighted by Gasteiger charge is -2.09. The van der Waals surface area contributed by atoms with Crippen LogP contribution in [0.15, 0.2) is 0 Å². The van der Waals surface area contributed by atoms with E-state index in [0.29, 0.717) is 5.54 Å². The summed E-state index contributed by atoms with van der Waals surface area (Å²) in [6.45, 7) is -0.493. The van der Waals surface area contributed by atoms with E-state index in [2.05, 4.69) is 4.74 Å². The molecule has 60 valence electrons. The number of amides is 1. The standard InChI is InChI=1S/C3H3Cl3FNO2/c4-3(5,6)1-10-2(9)8-7/h1H2,(H,8,9). The molecule has 0 aliphatic heterocycles. The highest BCUT2D eigenvalue weighted by atomic mass is 35.6. The quantitative estimate of drug-likeness (QED) is 0.531. The highest BCUT2D eigenvalue weighted by Gasteiger charge is 2.21. The Morgan fingerprint density at radius 1 is 1.60 bits per heavy atom. The van der Waals surface area contributed by atoms with E-state index in [1.165, 1.54) is 0 Å². The van der Waals surface area contributed by atoms with Crippen molar-refractivity contribution in [1.82, 2.24) is 5.54 Å². The van der Waals surface area contributed by atoms with Gasteiger partial charge >= 0.3 is 6.09 Å².